The molecule has 0 saturated carbocycles. The van der Waals surface area contributed by atoms with Crippen molar-refractivity contribution in [2.24, 2.45) is 0 Å². The summed E-state index contributed by atoms with van der Waals surface area (Å²) in [6.07, 6.45) is 2.33. The fourth-order valence-electron chi connectivity index (χ4n) is 4.38. The molecule has 0 N–H and O–H groups in total. The van der Waals surface area contributed by atoms with Gasteiger partial charge in [-0.2, -0.15) is 0 Å². The Labute approximate surface area is 193 Å². The number of aryl methyl sites for hydroxylation is 2. The lowest BCUT2D eigenvalue weighted by Gasteiger charge is -2.14. The van der Waals surface area contributed by atoms with Crippen LogP contribution in [-0.4, -0.2) is 14.1 Å². The average molecular weight is 420 g/mol. The summed E-state index contributed by atoms with van der Waals surface area (Å²) in [5, 5.41) is 0. The molecule has 0 heterocycles. The second-order valence-corrected chi connectivity index (χ2v) is 9.26. The van der Waals surface area contributed by atoms with Crippen LogP contribution < -0.4 is 4.90 Å². The van der Waals surface area contributed by atoms with Gasteiger partial charge in [0.1, 0.15) is 0 Å². The SMILES string of the molecule is Cc1cc(/C(=C\c2ccc(N(C)C)cc2)c2ccccc2)c2c(C)ccc(C(C)C)cc1-2. The molecule has 0 amide bonds. The molecule has 2 aromatic carbocycles. The molecule has 1 nitrogen and oxygen atoms in total. The van der Waals surface area contributed by atoms with Crippen molar-refractivity contribution in [3.05, 3.63) is 112 Å². The maximum atomic E-state index is 2.39. The third-order valence-electron chi connectivity index (χ3n) is 6.32. The lowest BCUT2D eigenvalue weighted by atomic mass is 9.92. The first-order valence-corrected chi connectivity index (χ1v) is 11.4. The molecule has 0 radical (unpaired) electrons. The van der Waals surface area contributed by atoms with E-state index >= 15 is 0 Å². The predicted molar refractivity (Wildman–Crippen MR) is 141 cm³/mol. The lowest BCUT2D eigenvalue weighted by molar-refractivity contribution is 0.868. The van der Waals surface area contributed by atoms with Crippen molar-refractivity contribution in [2.75, 3.05) is 19.0 Å². The normalized spacial score (nSPS) is 11.9. The summed E-state index contributed by atoms with van der Waals surface area (Å²) in [7, 11) is 4.15. The third-order valence-corrected chi connectivity index (χ3v) is 6.32. The molecule has 0 spiro atoms. The average Bonchev–Trinajstić information content (AvgIpc) is 2.99. The summed E-state index contributed by atoms with van der Waals surface area (Å²) in [6.45, 7) is 9.01. The Kier molecular flexibility index (Phi) is 6.19. The predicted octanol–water partition coefficient (Wildman–Crippen LogP) is 8.19. The first-order chi connectivity index (χ1) is 15.3. The molecular weight excluding hydrogens is 386 g/mol. The van der Waals surface area contributed by atoms with Crippen LogP contribution in [-0.2, 0) is 0 Å². The topological polar surface area (TPSA) is 3.24 Å². The first-order valence-electron chi connectivity index (χ1n) is 11.4. The van der Waals surface area contributed by atoms with Gasteiger partial charge in [-0.3, -0.25) is 0 Å². The molecule has 0 fully saturated rings. The standard InChI is InChI=1S/C31H33N/c1-21(2)26-15-12-22(3)31-28(20-26)23(4)18-30(31)29(25-10-8-7-9-11-25)19-24-13-16-27(17-14-24)32(5)6/h7-21H,1-6H3/b29-19-. The highest BCUT2D eigenvalue weighted by atomic mass is 15.1. The van der Waals surface area contributed by atoms with Gasteiger partial charge in [0.05, 0.1) is 0 Å². The largest absolute Gasteiger partial charge is 0.378 e. The lowest BCUT2D eigenvalue weighted by Crippen LogP contribution is -2.07. The quantitative estimate of drug-likeness (QED) is 0.295. The van der Waals surface area contributed by atoms with Crippen molar-refractivity contribution < 1.29 is 0 Å². The minimum atomic E-state index is 0.502. The molecule has 0 saturated heterocycles. The minimum Gasteiger partial charge on any atom is -0.378 e. The van der Waals surface area contributed by atoms with Crippen molar-refractivity contribution in [1.29, 1.82) is 0 Å². The van der Waals surface area contributed by atoms with E-state index in [0.717, 1.165) is 0 Å². The van der Waals surface area contributed by atoms with Crippen molar-refractivity contribution in [3.63, 3.8) is 0 Å². The maximum Gasteiger partial charge on any atom is 0.0361 e. The van der Waals surface area contributed by atoms with Gasteiger partial charge >= 0.3 is 0 Å². The molecule has 2 aromatic rings. The first kappa shape index (κ1) is 21.9. The van der Waals surface area contributed by atoms with Gasteiger partial charge in [-0.15, -0.1) is 0 Å². The van der Waals surface area contributed by atoms with Crippen LogP contribution in [0.25, 0.3) is 22.8 Å². The molecule has 0 aliphatic heterocycles. The minimum absolute atomic E-state index is 0.502. The van der Waals surface area contributed by atoms with E-state index in [1.807, 2.05) is 0 Å². The van der Waals surface area contributed by atoms with Gasteiger partial charge in [-0.25, -0.2) is 0 Å². The van der Waals surface area contributed by atoms with Crippen LogP contribution in [0.4, 0.5) is 5.69 Å². The molecule has 1 heteroatoms. The van der Waals surface area contributed by atoms with E-state index in [9.17, 15) is 0 Å². The molecule has 2 aliphatic rings. The van der Waals surface area contributed by atoms with Crippen LogP contribution in [0, 0.1) is 13.8 Å². The molecule has 2 aliphatic carbocycles. The van der Waals surface area contributed by atoms with E-state index in [1.165, 1.54) is 55.8 Å². The maximum absolute atomic E-state index is 2.39. The summed E-state index contributed by atoms with van der Waals surface area (Å²) < 4.78 is 0. The number of rotatable bonds is 5. The van der Waals surface area contributed by atoms with Gasteiger partial charge in [-0.05, 0) is 88.1 Å². The van der Waals surface area contributed by atoms with E-state index in [0.29, 0.717) is 5.92 Å². The van der Waals surface area contributed by atoms with Gasteiger partial charge in [0, 0.05) is 19.8 Å². The second kappa shape index (κ2) is 9.04. The Morgan fingerprint density at radius 2 is 1.47 bits per heavy atom. The fraction of sp³-hybridized carbons (Fsp3) is 0.226. The summed E-state index contributed by atoms with van der Waals surface area (Å²) in [5.41, 5.74) is 13.0. The Morgan fingerprint density at radius 3 is 2.09 bits per heavy atom. The fourth-order valence-corrected chi connectivity index (χ4v) is 4.38. The summed E-state index contributed by atoms with van der Waals surface area (Å²) >= 11 is 0. The summed E-state index contributed by atoms with van der Waals surface area (Å²) in [5.74, 6) is 0.502. The Balaban J connectivity index is 1.94. The zero-order valence-corrected chi connectivity index (χ0v) is 20.1. The zero-order chi connectivity index (χ0) is 22.8. The molecule has 32 heavy (non-hydrogen) atoms. The van der Waals surface area contributed by atoms with Crippen molar-refractivity contribution >= 4 is 17.3 Å². The Bertz CT molecular complexity index is 1210. The zero-order valence-electron chi connectivity index (χ0n) is 20.1. The summed E-state index contributed by atoms with van der Waals surface area (Å²) in [6, 6.07) is 28.9. The van der Waals surface area contributed by atoms with E-state index in [1.54, 1.807) is 0 Å². The van der Waals surface area contributed by atoms with Crippen LogP contribution >= 0.6 is 0 Å². The smallest absolute Gasteiger partial charge is 0.0361 e. The highest BCUT2D eigenvalue weighted by Crippen LogP contribution is 2.42. The van der Waals surface area contributed by atoms with Gasteiger partial charge in [-0.1, -0.05) is 80.6 Å². The van der Waals surface area contributed by atoms with Gasteiger partial charge in [0.2, 0.25) is 0 Å². The highest BCUT2D eigenvalue weighted by Gasteiger charge is 2.20. The van der Waals surface area contributed by atoms with Gasteiger partial charge < -0.3 is 4.90 Å². The van der Waals surface area contributed by atoms with E-state index in [-0.39, 0.29) is 0 Å². The molecule has 0 unspecified atom stereocenters. The Morgan fingerprint density at radius 1 is 0.781 bits per heavy atom. The summed E-state index contributed by atoms with van der Waals surface area (Å²) in [4.78, 5) is 2.13. The van der Waals surface area contributed by atoms with Crippen molar-refractivity contribution in [3.8, 4) is 11.1 Å². The van der Waals surface area contributed by atoms with Gasteiger partial charge in [0.25, 0.3) is 0 Å². The van der Waals surface area contributed by atoms with Gasteiger partial charge in [0.15, 0.2) is 0 Å². The molecule has 0 aromatic heterocycles. The van der Waals surface area contributed by atoms with Crippen LogP contribution in [0.1, 0.15) is 53.1 Å². The van der Waals surface area contributed by atoms with Crippen molar-refractivity contribution in [1.82, 2.24) is 0 Å². The van der Waals surface area contributed by atoms with Crippen LogP contribution in [0.3, 0.4) is 0 Å². The second-order valence-electron chi connectivity index (χ2n) is 9.26. The van der Waals surface area contributed by atoms with Crippen molar-refractivity contribution in [2.45, 2.75) is 33.6 Å². The van der Waals surface area contributed by atoms with Crippen LogP contribution in [0.15, 0.2) is 78.9 Å². The Hall–Kier alpha value is -3.32. The van der Waals surface area contributed by atoms with E-state index in [4.69, 9.17) is 0 Å². The number of fused-ring (bicyclic) bond motifs is 1. The van der Waals surface area contributed by atoms with E-state index in [2.05, 4.69) is 132 Å². The number of benzene rings is 2. The number of hydrogen-bond acceptors (Lipinski definition) is 1. The molecule has 0 bridgehead atoms. The third kappa shape index (κ3) is 4.34. The van der Waals surface area contributed by atoms with Crippen LogP contribution in [0.5, 0.6) is 0 Å². The number of anilines is 1. The molecule has 0 atom stereocenters. The molecule has 162 valence electrons. The number of hydrogen-bond donors (Lipinski definition) is 0. The monoisotopic (exact) mass is 419 g/mol. The van der Waals surface area contributed by atoms with E-state index < -0.39 is 0 Å². The molecular formula is C31H33N. The van der Waals surface area contributed by atoms with Crippen LogP contribution in [0.2, 0.25) is 0 Å². The number of nitrogens with zero attached hydrogens (tertiary/aromatic N) is 1. The molecule has 4 rings (SSSR count). The highest BCUT2D eigenvalue weighted by molar-refractivity contribution is 5.99.